The Kier molecular flexibility index (Phi) is 3.08. The molecule has 0 bridgehead atoms. The monoisotopic (exact) mass is 238 g/mol. The molecule has 1 N–H and O–H groups in total. The van der Waals surface area contributed by atoms with E-state index in [1.165, 1.54) is 6.07 Å². The van der Waals surface area contributed by atoms with Gasteiger partial charge in [0.25, 0.3) is 0 Å². The van der Waals surface area contributed by atoms with E-state index in [-0.39, 0.29) is 11.7 Å². The van der Waals surface area contributed by atoms with Crippen LogP contribution in [0.5, 0.6) is 0 Å². The van der Waals surface area contributed by atoms with E-state index in [1.807, 2.05) is 18.7 Å². The highest BCUT2D eigenvalue weighted by atomic mass is 19.1. The van der Waals surface area contributed by atoms with Crippen LogP contribution in [-0.2, 0) is 0 Å². The smallest absolute Gasteiger partial charge is 0.147 e. The molecular weight excluding hydrogens is 219 g/mol. The van der Waals surface area contributed by atoms with Gasteiger partial charge in [-0.25, -0.2) is 4.39 Å². The number of pyridine rings is 1. The Balaban J connectivity index is 2.21. The Morgan fingerprint density at radius 3 is 2.71 bits per heavy atom. The van der Waals surface area contributed by atoms with Crippen LogP contribution in [0.4, 0.5) is 10.1 Å². The van der Waals surface area contributed by atoms with Crippen LogP contribution in [0, 0.1) is 5.82 Å². The van der Waals surface area contributed by atoms with Crippen LogP contribution in [-0.4, -0.2) is 28.8 Å². The van der Waals surface area contributed by atoms with E-state index in [0.717, 1.165) is 12.2 Å². The predicted octanol–water partition coefficient (Wildman–Crippen LogP) is 2.31. The summed E-state index contributed by atoms with van der Waals surface area (Å²) in [4.78, 5) is 6.14. The van der Waals surface area contributed by atoms with E-state index in [0.29, 0.717) is 18.7 Å². The van der Waals surface area contributed by atoms with Crippen LogP contribution in [0.15, 0.2) is 12.3 Å². The van der Waals surface area contributed by atoms with Gasteiger partial charge in [-0.2, -0.15) is 0 Å². The third-order valence-electron chi connectivity index (χ3n) is 3.22. The van der Waals surface area contributed by atoms with Crippen LogP contribution in [0.2, 0.25) is 0 Å². The van der Waals surface area contributed by atoms with E-state index in [4.69, 9.17) is 0 Å². The average molecular weight is 238 g/mol. The van der Waals surface area contributed by atoms with Gasteiger partial charge in [0.1, 0.15) is 5.82 Å². The van der Waals surface area contributed by atoms with Gasteiger partial charge in [-0.3, -0.25) is 4.98 Å². The highest BCUT2D eigenvalue weighted by molar-refractivity contribution is 5.47. The highest BCUT2D eigenvalue weighted by Crippen LogP contribution is 2.27. The standard InChI is InChI=1S/C13H19FN2O/c1-9(2)12-11(14)6-10(7-15-12)16-5-4-13(3,17)8-16/h6-7,9,17H,4-5,8H2,1-3H3/t13-/m0/s1. The summed E-state index contributed by atoms with van der Waals surface area (Å²) < 4.78 is 13.8. The molecule has 2 rings (SSSR count). The first kappa shape index (κ1) is 12.3. The lowest BCUT2D eigenvalue weighted by molar-refractivity contribution is 0.0839. The second kappa shape index (κ2) is 4.26. The zero-order chi connectivity index (χ0) is 12.6. The first-order valence-electron chi connectivity index (χ1n) is 6.02. The fraction of sp³-hybridized carbons (Fsp3) is 0.615. The molecule has 1 aromatic rings. The van der Waals surface area contributed by atoms with E-state index in [1.54, 1.807) is 13.1 Å². The van der Waals surface area contributed by atoms with Gasteiger partial charge >= 0.3 is 0 Å². The zero-order valence-electron chi connectivity index (χ0n) is 10.6. The van der Waals surface area contributed by atoms with Crippen molar-refractivity contribution < 1.29 is 9.50 Å². The third-order valence-corrected chi connectivity index (χ3v) is 3.22. The maximum atomic E-state index is 13.8. The number of halogens is 1. The number of hydrogen-bond donors (Lipinski definition) is 1. The highest BCUT2D eigenvalue weighted by Gasteiger charge is 2.31. The maximum absolute atomic E-state index is 13.8. The molecule has 1 atom stereocenters. The lowest BCUT2D eigenvalue weighted by atomic mass is 10.1. The van der Waals surface area contributed by atoms with Crippen LogP contribution in [0.3, 0.4) is 0 Å². The maximum Gasteiger partial charge on any atom is 0.147 e. The molecule has 0 unspecified atom stereocenters. The molecule has 0 radical (unpaired) electrons. The molecule has 0 aliphatic carbocycles. The van der Waals surface area contributed by atoms with Crippen LogP contribution in [0.25, 0.3) is 0 Å². The zero-order valence-corrected chi connectivity index (χ0v) is 10.6. The molecule has 2 heterocycles. The summed E-state index contributed by atoms with van der Waals surface area (Å²) in [6, 6.07) is 1.52. The van der Waals surface area contributed by atoms with E-state index in [2.05, 4.69) is 4.98 Å². The molecule has 94 valence electrons. The molecule has 0 amide bonds. The van der Waals surface area contributed by atoms with Crippen molar-refractivity contribution in [3.05, 3.63) is 23.8 Å². The summed E-state index contributed by atoms with van der Waals surface area (Å²) in [7, 11) is 0. The molecule has 0 aromatic carbocycles. The minimum atomic E-state index is -0.673. The van der Waals surface area contributed by atoms with Crippen molar-refractivity contribution in [3.8, 4) is 0 Å². The number of β-amino-alcohol motifs (C(OH)–C–C–N with tert-alkyl or cyclic N) is 1. The summed E-state index contributed by atoms with van der Waals surface area (Å²) >= 11 is 0. The number of nitrogens with zero attached hydrogens (tertiary/aromatic N) is 2. The van der Waals surface area contributed by atoms with Gasteiger partial charge in [0.15, 0.2) is 0 Å². The van der Waals surface area contributed by atoms with E-state index in [9.17, 15) is 9.50 Å². The fourth-order valence-electron chi connectivity index (χ4n) is 2.20. The van der Waals surface area contributed by atoms with Gasteiger partial charge in [0.2, 0.25) is 0 Å². The van der Waals surface area contributed by atoms with Crippen molar-refractivity contribution in [2.75, 3.05) is 18.0 Å². The van der Waals surface area contributed by atoms with Crippen molar-refractivity contribution in [3.63, 3.8) is 0 Å². The molecular formula is C13H19FN2O. The largest absolute Gasteiger partial charge is 0.388 e. The molecule has 0 spiro atoms. The first-order chi connectivity index (χ1) is 7.89. The van der Waals surface area contributed by atoms with Crippen LogP contribution in [0.1, 0.15) is 38.8 Å². The van der Waals surface area contributed by atoms with Crippen molar-refractivity contribution in [1.29, 1.82) is 0 Å². The van der Waals surface area contributed by atoms with Crippen molar-refractivity contribution in [2.24, 2.45) is 0 Å². The number of anilines is 1. The Labute approximate surface area is 101 Å². The van der Waals surface area contributed by atoms with Crippen LogP contribution >= 0.6 is 0 Å². The molecule has 1 fully saturated rings. The Morgan fingerprint density at radius 1 is 1.53 bits per heavy atom. The number of aromatic nitrogens is 1. The molecule has 1 saturated heterocycles. The number of aliphatic hydroxyl groups is 1. The SMILES string of the molecule is CC(C)c1ncc(N2CC[C@](C)(O)C2)cc1F. The van der Waals surface area contributed by atoms with Crippen molar-refractivity contribution in [1.82, 2.24) is 4.98 Å². The molecule has 1 aliphatic rings. The normalized spacial score (nSPS) is 24.7. The fourth-order valence-corrected chi connectivity index (χ4v) is 2.20. The first-order valence-corrected chi connectivity index (χ1v) is 6.02. The third kappa shape index (κ3) is 2.57. The minimum absolute atomic E-state index is 0.0886. The molecule has 4 heteroatoms. The minimum Gasteiger partial charge on any atom is -0.388 e. The second-order valence-electron chi connectivity index (χ2n) is 5.38. The average Bonchev–Trinajstić information content (AvgIpc) is 2.58. The van der Waals surface area contributed by atoms with Gasteiger partial charge in [-0.1, -0.05) is 13.8 Å². The number of hydrogen-bond acceptors (Lipinski definition) is 3. The molecule has 3 nitrogen and oxygen atoms in total. The molecule has 1 aliphatic heterocycles. The summed E-state index contributed by atoms with van der Waals surface area (Å²) in [6.45, 7) is 6.93. The molecule has 0 saturated carbocycles. The van der Waals surface area contributed by atoms with Crippen molar-refractivity contribution >= 4 is 5.69 Å². The number of rotatable bonds is 2. The molecule has 17 heavy (non-hydrogen) atoms. The topological polar surface area (TPSA) is 36.4 Å². The van der Waals surface area contributed by atoms with Gasteiger partial charge in [-0.05, 0) is 19.3 Å². The van der Waals surface area contributed by atoms with E-state index < -0.39 is 5.60 Å². The van der Waals surface area contributed by atoms with Gasteiger partial charge in [0, 0.05) is 19.2 Å². The Bertz CT molecular complexity index is 418. The summed E-state index contributed by atoms with van der Waals surface area (Å²) in [5.41, 5.74) is 0.581. The summed E-state index contributed by atoms with van der Waals surface area (Å²) in [5, 5.41) is 9.88. The Hall–Kier alpha value is -1.16. The summed E-state index contributed by atoms with van der Waals surface area (Å²) in [5.74, 6) is -0.172. The lowest BCUT2D eigenvalue weighted by Crippen LogP contribution is -2.29. The van der Waals surface area contributed by atoms with Crippen molar-refractivity contribution in [2.45, 2.75) is 38.7 Å². The van der Waals surface area contributed by atoms with Gasteiger partial charge in [0.05, 0.1) is 23.2 Å². The lowest BCUT2D eigenvalue weighted by Gasteiger charge is -2.21. The van der Waals surface area contributed by atoms with Gasteiger partial charge in [-0.15, -0.1) is 0 Å². The predicted molar refractivity (Wildman–Crippen MR) is 65.7 cm³/mol. The van der Waals surface area contributed by atoms with E-state index >= 15 is 0 Å². The van der Waals surface area contributed by atoms with Crippen LogP contribution < -0.4 is 4.90 Å². The van der Waals surface area contributed by atoms with Gasteiger partial charge < -0.3 is 10.0 Å². The quantitative estimate of drug-likeness (QED) is 0.859. The Morgan fingerprint density at radius 2 is 2.24 bits per heavy atom. The second-order valence-corrected chi connectivity index (χ2v) is 5.38. The summed E-state index contributed by atoms with van der Waals surface area (Å²) in [6.07, 6.45) is 2.40. The molecule has 1 aromatic heterocycles.